The molecule has 1 heterocycles. The van der Waals surface area contributed by atoms with Gasteiger partial charge in [-0.3, -0.25) is 4.79 Å². The van der Waals surface area contributed by atoms with Crippen LogP contribution in [0, 0.1) is 13.8 Å². The van der Waals surface area contributed by atoms with E-state index in [2.05, 4.69) is 5.32 Å². The molecule has 0 aliphatic carbocycles. The van der Waals surface area contributed by atoms with Crippen LogP contribution < -0.4 is 5.32 Å². The molecule has 0 saturated carbocycles. The van der Waals surface area contributed by atoms with Crippen molar-refractivity contribution >= 4 is 21.9 Å². The molecule has 1 atom stereocenters. The maximum absolute atomic E-state index is 12.7. The van der Waals surface area contributed by atoms with Crippen LogP contribution in [-0.4, -0.2) is 44.3 Å². The summed E-state index contributed by atoms with van der Waals surface area (Å²) in [6.07, 6.45) is 1.66. The van der Waals surface area contributed by atoms with E-state index in [-0.39, 0.29) is 16.5 Å². The highest BCUT2D eigenvalue weighted by Crippen LogP contribution is 2.22. The van der Waals surface area contributed by atoms with Crippen LogP contribution in [0.4, 0.5) is 0 Å². The third-order valence-corrected chi connectivity index (χ3v) is 7.41. The quantitative estimate of drug-likeness (QED) is 0.663. The highest BCUT2D eigenvalue weighted by atomic mass is 32.2. The van der Waals surface area contributed by atoms with Crippen LogP contribution in [0.15, 0.2) is 47.4 Å². The van der Waals surface area contributed by atoms with Crippen molar-refractivity contribution in [2.75, 3.05) is 19.7 Å². The van der Waals surface area contributed by atoms with Crippen molar-refractivity contribution in [3.63, 3.8) is 0 Å². The Kier molecular flexibility index (Phi) is 7.12. The highest BCUT2D eigenvalue weighted by molar-refractivity contribution is 7.89. The first kappa shape index (κ1) is 23.0. The average molecular weight is 445 g/mol. The Hall–Kier alpha value is -2.71. The van der Waals surface area contributed by atoms with E-state index in [1.807, 2.05) is 39.0 Å². The van der Waals surface area contributed by atoms with E-state index in [1.54, 1.807) is 0 Å². The third-order valence-electron chi connectivity index (χ3n) is 5.52. The predicted molar refractivity (Wildman–Crippen MR) is 117 cm³/mol. The number of esters is 1. The molecule has 1 unspecified atom stereocenters. The standard InChI is InChI=1S/C23H28N2O5S/c1-16-9-10-19(13-17(16)2)18(3)24-22(26)15-30-23(27)20-7-6-8-21(14-20)31(28,29)25-11-4-5-12-25/h6-10,13-14,18H,4-5,11-12,15H2,1-3H3,(H,24,26). The first-order chi connectivity index (χ1) is 14.7. The van der Waals surface area contributed by atoms with Gasteiger partial charge in [-0.15, -0.1) is 0 Å². The molecule has 1 saturated heterocycles. The molecule has 0 spiro atoms. The molecule has 7 nitrogen and oxygen atoms in total. The SMILES string of the molecule is Cc1ccc(C(C)NC(=O)COC(=O)c2cccc(S(=O)(=O)N3CCCC3)c2)cc1C. The van der Waals surface area contributed by atoms with Gasteiger partial charge in [0.1, 0.15) is 0 Å². The Balaban J connectivity index is 1.59. The molecule has 3 rings (SSSR count). The van der Waals surface area contributed by atoms with Crippen molar-refractivity contribution in [2.24, 2.45) is 0 Å². The van der Waals surface area contributed by atoms with Gasteiger partial charge >= 0.3 is 5.97 Å². The minimum Gasteiger partial charge on any atom is -0.452 e. The van der Waals surface area contributed by atoms with Gasteiger partial charge in [-0.25, -0.2) is 13.2 Å². The van der Waals surface area contributed by atoms with Gasteiger partial charge in [-0.2, -0.15) is 4.31 Å². The fraction of sp³-hybridized carbons (Fsp3) is 0.391. The van der Waals surface area contributed by atoms with Crippen molar-refractivity contribution in [2.45, 2.75) is 44.6 Å². The molecule has 2 aromatic rings. The summed E-state index contributed by atoms with van der Waals surface area (Å²) in [5.74, 6) is -1.17. The summed E-state index contributed by atoms with van der Waals surface area (Å²) in [6.45, 7) is 6.40. The summed E-state index contributed by atoms with van der Waals surface area (Å²) >= 11 is 0. The number of aryl methyl sites for hydroxylation is 2. The third kappa shape index (κ3) is 5.51. The number of benzene rings is 2. The fourth-order valence-corrected chi connectivity index (χ4v) is 5.04. The Labute approximate surface area is 183 Å². The average Bonchev–Trinajstić information content (AvgIpc) is 3.30. The molecule has 1 amide bonds. The minimum absolute atomic E-state index is 0.0525. The molecule has 8 heteroatoms. The lowest BCUT2D eigenvalue weighted by Gasteiger charge is -2.16. The second-order valence-electron chi connectivity index (χ2n) is 7.85. The molecular weight excluding hydrogens is 416 g/mol. The van der Waals surface area contributed by atoms with Gasteiger partial charge in [0.2, 0.25) is 10.0 Å². The van der Waals surface area contributed by atoms with Gasteiger partial charge < -0.3 is 10.1 Å². The normalized spacial score (nSPS) is 15.5. The van der Waals surface area contributed by atoms with Crippen molar-refractivity contribution < 1.29 is 22.7 Å². The van der Waals surface area contributed by atoms with Gasteiger partial charge in [-0.1, -0.05) is 24.3 Å². The highest BCUT2D eigenvalue weighted by Gasteiger charge is 2.27. The first-order valence-corrected chi connectivity index (χ1v) is 11.8. The number of carbonyl (C=O) groups is 2. The molecule has 1 fully saturated rings. The molecule has 166 valence electrons. The lowest BCUT2D eigenvalue weighted by Crippen LogP contribution is -2.31. The van der Waals surface area contributed by atoms with Crippen LogP contribution in [0.1, 0.15) is 52.9 Å². The van der Waals surface area contributed by atoms with Crippen molar-refractivity contribution in [1.29, 1.82) is 0 Å². The van der Waals surface area contributed by atoms with Gasteiger partial charge in [0.25, 0.3) is 5.91 Å². The van der Waals surface area contributed by atoms with E-state index in [4.69, 9.17) is 4.74 Å². The summed E-state index contributed by atoms with van der Waals surface area (Å²) in [5, 5.41) is 2.80. The van der Waals surface area contributed by atoms with Gasteiger partial charge in [-0.05, 0) is 68.5 Å². The number of sulfonamides is 1. The summed E-state index contributed by atoms with van der Waals surface area (Å²) in [6, 6.07) is 11.5. The second kappa shape index (κ2) is 9.62. The lowest BCUT2D eigenvalue weighted by atomic mass is 10.0. The van der Waals surface area contributed by atoms with Crippen molar-refractivity contribution in [3.05, 3.63) is 64.7 Å². The largest absolute Gasteiger partial charge is 0.452 e. The number of rotatable bonds is 7. The molecular formula is C23H28N2O5S. The zero-order valence-electron chi connectivity index (χ0n) is 18.1. The smallest absolute Gasteiger partial charge is 0.338 e. The Bertz CT molecular complexity index is 1080. The van der Waals surface area contributed by atoms with E-state index in [0.717, 1.165) is 24.0 Å². The summed E-state index contributed by atoms with van der Waals surface area (Å²) in [7, 11) is -3.63. The molecule has 1 aliphatic heterocycles. The van der Waals surface area contributed by atoms with E-state index >= 15 is 0 Å². The zero-order valence-corrected chi connectivity index (χ0v) is 18.9. The number of hydrogen-bond acceptors (Lipinski definition) is 5. The van der Waals surface area contributed by atoms with Gasteiger partial charge in [0, 0.05) is 13.1 Å². The maximum atomic E-state index is 12.7. The van der Waals surface area contributed by atoms with E-state index in [9.17, 15) is 18.0 Å². The molecule has 0 bridgehead atoms. The van der Waals surface area contributed by atoms with Crippen LogP contribution >= 0.6 is 0 Å². The Morgan fingerprint density at radius 3 is 2.45 bits per heavy atom. The van der Waals surface area contributed by atoms with Crippen LogP contribution in [0.2, 0.25) is 0 Å². The molecule has 0 radical (unpaired) electrons. The monoisotopic (exact) mass is 444 g/mol. The minimum atomic E-state index is -3.63. The van der Waals surface area contributed by atoms with Crippen LogP contribution in [-0.2, 0) is 19.6 Å². The Morgan fingerprint density at radius 2 is 1.77 bits per heavy atom. The number of amides is 1. The Morgan fingerprint density at radius 1 is 1.06 bits per heavy atom. The summed E-state index contributed by atoms with van der Waals surface area (Å²) in [5.41, 5.74) is 3.36. The van der Waals surface area contributed by atoms with Crippen molar-refractivity contribution in [3.8, 4) is 0 Å². The number of carbonyl (C=O) groups excluding carboxylic acids is 2. The van der Waals surface area contributed by atoms with Crippen LogP contribution in [0.5, 0.6) is 0 Å². The fourth-order valence-electron chi connectivity index (χ4n) is 3.48. The van der Waals surface area contributed by atoms with Gasteiger partial charge in [0.15, 0.2) is 6.61 Å². The van der Waals surface area contributed by atoms with Gasteiger partial charge in [0.05, 0.1) is 16.5 Å². The second-order valence-corrected chi connectivity index (χ2v) is 9.79. The topological polar surface area (TPSA) is 92.8 Å². The maximum Gasteiger partial charge on any atom is 0.338 e. The molecule has 31 heavy (non-hydrogen) atoms. The van der Waals surface area contributed by atoms with Crippen molar-refractivity contribution in [1.82, 2.24) is 9.62 Å². The molecule has 1 aliphatic rings. The van der Waals surface area contributed by atoms with E-state index in [1.165, 1.54) is 34.1 Å². The zero-order chi connectivity index (χ0) is 22.6. The lowest BCUT2D eigenvalue weighted by molar-refractivity contribution is -0.124. The van der Waals surface area contributed by atoms with Crippen LogP contribution in [0.25, 0.3) is 0 Å². The van der Waals surface area contributed by atoms with E-state index in [0.29, 0.717) is 13.1 Å². The summed E-state index contributed by atoms with van der Waals surface area (Å²) in [4.78, 5) is 24.7. The first-order valence-electron chi connectivity index (χ1n) is 10.3. The molecule has 2 aromatic carbocycles. The predicted octanol–water partition coefficient (Wildman–Crippen LogP) is 3.12. The number of ether oxygens (including phenoxy) is 1. The molecule has 0 aromatic heterocycles. The van der Waals surface area contributed by atoms with E-state index < -0.39 is 28.5 Å². The molecule has 1 N–H and O–H groups in total. The number of nitrogens with zero attached hydrogens (tertiary/aromatic N) is 1. The summed E-state index contributed by atoms with van der Waals surface area (Å²) < 4.78 is 31.9. The number of hydrogen-bond donors (Lipinski definition) is 1. The number of nitrogens with one attached hydrogen (secondary N) is 1. The van der Waals surface area contributed by atoms with Crippen LogP contribution in [0.3, 0.4) is 0 Å².